The van der Waals surface area contributed by atoms with Gasteiger partial charge in [-0.05, 0) is 47.9 Å². The van der Waals surface area contributed by atoms with Crippen LogP contribution in [0.3, 0.4) is 0 Å². The molecule has 2 aromatic carbocycles. The van der Waals surface area contributed by atoms with Crippen molar-refractivity contribution in [2.45, 2.75) is 17.7 Å². The number of fused-ring (bicyclic) bond motifs is 1. The van der Waals surface area contributed by atoms with Crippen LogP contribution < -0.4 is 19.9 Å². The maximum atomic E-state index is 12.0. The van der Waals surface area contributed by atoms with Crippen LogP contribution in [-0.4, -0.2) is 34.1 Å². The van der Waals surface area contributed by atoms with Crippen molar-refractivity contribution in [3.8, 4) is 11.5 Å². The minimum absolute atomic E-state index is 0.0574. The zero-order valence-corrected chi connectivity index (χ0v) is 17.1. The van der Waals surface area contributed by atoms with Crippen LogP contribution in [0.4, 0.5) is 0 Å². The highest BCUT2D eigenvalue weighted by atomic mass is 35.5. The molecule has 0 saturated carbocycles. The summed E-state index contributed by atoms with van der Waals surface area (Å²) in [6.45, 7) is 1.50. The number of sulfonamides is 1. The first-order valence-electron chi connectivity index (χ1n) is 9.00. The number of hydrogen-bond donors (Lipinski definition) is 2. The van der Waals surface area contributed by atoms with E-state index in [2.05, 4.69) is 5.32 Å². The van der Waals surface area contributed by atoms with Gasteiger partial charge >= 0.3 is 0 Å². The molecule has 7 nitrogen and oxygen atoms in total. The highest BCUT2D eigenvalue weighted by Crippen LogP contribution is 2.38. The quantitative estimate of drug-likeness (QED) is 0.676. The van der Waals surface area contributed by atoms with Gasteiger partial charge in [0, 0.05) is 19.0 Å². The van der Waals surface area contributed by atoms with E-state index < -0.39 is 10.0 Å². The number of amides is 1. The molecular weight excluding hydrogens is 416 g/mol. The molecule has 0 atom stereocenters. The first-order chi connectivity index (χ1) is 13.8. The van der Waals surface area contributed by atoms with Gasteiger partial charge in [0.25, 0.3) is 0 Å². The Morgan fingerprint density at radius 3 is 2.62 bits per heavy atom. The minimum Gasteiger partial charge on any atom is -0.489 e. The standard InChI is InChI=1S/C20H21ClN2O5S/c21-17-12-15(13-18-20(17)28-11-1-10-27-18)4-7-19(24)23-9-8-14-2-5-16(6-3-14)29(22,25)26/h2-7,12-13H,1,8-11H2,(H,23,24)(H2,22,25,26). The molecule has 1 amide bonds. The summed E-state index contributed by atoms with van der Waals surface area (Å²) in [6.07, 6.45) is 4.40. The molecule has 1 aliphatic rings. The number of carbonyl (C=O) groups is 1. The van der Waals surface area contributed by atoms with E-state index in [-0.39, 0.29) is 10.8 Å². The van der Waals surface area contributed by atoms with E-state index in [9.17, 15) is 13.2 Å². The number of hydrogen-bond acceptors (Lipinski definition) is 5. The average molecular weight is 437 g/mol. The normalized spacial score (nSPS) is 13.9. The number of benzene rings is 2. The molecule has 0 fully saturated rings. The number of nitrogens with two attached hydrogens (primary N) is 1. The van der Waals surface area contributed by atoms with Gasteiger partial charge in [0.05, 0.1) is 23.1 Å². The Hall–Kier alpha value is -2.55. The third-order valence-electron chi connectivity index (χ3n) is 4.22. The van der Waals surface area contributed by atoms with Gasteiger partial charge in [-0.25, -0.2) is 13.6 Å². The van der Waals surface area contributed by atoms with Crippen LogP contribution in [0.2, 0.25) is 5.02 Å². The molecule has 0 radical (unpaired) electrons. The van der Waals surface area contributed by atoms with Gasteiger partial charge in [0.2, 0.25) is 15.9 Å². The highest BCUT2D eigenvalue weighted by Gasteiger charge is 2.15. The number of carbonyl (C=O) groups excluding carboxylic acids is 1. The molecule has 2 aromatic rings. The lowest BCUT2D eigenvalue weighted by Crippen LogP contribution is -2.23. The lowest BCUT2D eigenvalue weighted by atomic mass is 10.1. The second-order valence-corrected chi connectivity index (χ2v) is 8.41. The van der Waals surface area contributed by atoms with Gasteiger partial charge in [-0.15, -0.1) is 0 Å². The lowest BCUT2D eigenvalue weighted by molar-refractivity contribution is -0.116. The Morgan fingerprint density at radius 2 is 1.90 bits per heavy atom. The Balaban J connectivity index is 1.54. The SMILES string of the molecule is NS(=O)(=O)c1ccc(CCNC(=O)C=Cc2cc(Cl)c3c(c2)OCCCO3)cc1. The van der Waals surface area contributed by atoms with Crippen LogP contribution in [0, 0.1) is 0 Å². The zero-order chi connectivity index (χ0) is 20.9. The first kappa shape index (κ1) is 21.2. The van der Waals surface area contributed by atoms with Gasteiger partial charge in [-0.3, -0.25) is 4.79 Å². The molecule has 3 rings (SSSR count). The van der Waals surface area contributed by atoms with Gasteiger partial charge in [-0.2, -0.15) is 0 Å². The van der Waals surface area contributed by atoms with E-state index in [1.807, 2.05) is 0 Å². The molecule has 1 heterocycles. The number of halogens is 1. The molecule has 0 aliphatic carbocycles. The molecule has 0 aromatic heterocycles. The van der Waals surface area contributed by atoms with E-state index in [1.54, 1.807) is 30.3 Å². The fourth-order valence-electron chi connectivity index (χ4n) is 2.75. The number of primary sulfonamides is 1. The molecule has 0 spiro atoms. The summed E-state index contributed by atoms with van der Waals surface area (Å²) in [5.41, 5.74) is 1.62. The molecular formula is C20H21ClN2O5S. The number of rotatable bonds is 6. The van der Waals surface area contributed by atoms with E-state index in [0.717, 1.165) is 17.5 Å². The fraction of sp³-hybridized carbons (Fsp3) is 0.250. The molecule has 154 valence electrons. The van der Waals surface area contributed by atoms with Gasteiger partial charge in [0.15, 0.2) is 11.5 Å². The monoisotopic (exact) mass is 436 g/mol. The van der Waals surface area contributed by atoms with Gasteiger partial charge in [0.1, 0.15) is 0 Å². The maximum absolute atomic E-state index is 12.0. The Bertz CT molecular complexity index is 1020. The van der Waals surface area contributed by atoms with Crippen molar-refractivity contribution in [3.05, 3.63) is 58.6 Å². The first-order valence-corrected chi connectivity index (χ1v) is 10.9. The second-order valence-electron chi connectivity index (χ2n) is 6.44. The van der Waals surface area contributed by atoms with E-state index in [4.69, 9.17) is 26.2 Å². The molecule has 3 N–H and O–H groups in total. The molecule has 0 bridgehead atoms. The predicted molar refractivity (Wildman–Crippen MR) is 111 cm³/mol. The summed E-state index contributed by atoms with van der Waals surface area (Å²) < 4.78 is 33.7. The Kier molecular flexibility index (Phi) is 6.79. The van der Waals surface area contributed by atoms with Gasteiger partial charge in [-0.1, -0.05) is 23.7 Å². The van der Waals surface area contributed by atoms with Crippen LogP contribution in [-0.2, 0) is 21.2 Å². The summed E-state index contributed by atoms with van der Waals surface area (Å²) in [5, 5.41) is 8.28. The van der Waals surface area contributed by atoms with Crippen molar-refractivity contribution in [1.82, 2.24) is 5.32 Å². The van der Waals surface area contributed by atoms with Crippen molar-refractivity contribution in [3.63, 3.8) is 0 Å². The molecule has 0 saturated heterocycles. The van der Waals surface area contributed by atoms with Crippen LogP contribution >= 0.6 is 11.6 Å². The Morgan fingerprint density at radius 1 is 1.17 bits per heavy atom. The van der Waals surface area contributed by atoms with Crippen molar-refractivity contribution in [2.75, 3.05) is 19.8 Å². The van der Waals surface area contributed by atoms with Crippen molar-refractivity contribution in [1.29, 1.82) is 0 Å². The molecule has 9 heteroatoms. The fourth-order valence-corrected chi connectivity index (χ4v) is 3.54. The minimum atomic E-state index is -3.70. The van der Waals surface area contributed by atoms with E-state index in [1.165, 1.54) is 18.2 Å². The molecule has 29 heavy (non-hydrogen) atoms. The van der Waals surface area contributed by atoms with Crippen LogP contribution in [0.25, 0.3) is 6.08 Å². The number of nitrogens with one attached hydrogen (secondary N) is 1. The van der Waals surface area contributed by atoms with Crippen LogP contribution in [0.15, 0.2) is 47.4 Å². The van der Waals surface area contributed by atoms with Crippen molar-refractivity contribution < 1.29 is 22.7 Å². The third-order valence-corrected chi connectivity index (χ3v) is 5.43. The van der Waals surface area contributed by atoms with E-state index in [0.29, 0.717) is 42.7 Å². The van der Waals surface area contributed by atoms with E-state index >= 15 is 0 Å². The zero-order valence-electron chi connectivity index (χ0n) is 15.6. The van der Waals surface area contributed by atoms with Crippen molar-refractivity contribution >= 4 is 33.6 Å². The number of ether oxygens (including phenoxy) is 2. The molecule has 1 aliphatic heterocycles. The third kappa shape index (κ3) is 5.96. The topological polar surface area (TPSA) is 108 Å². The maximum Gasteiger partial charge on any atom is 0.244 e. The molecule has 0 unspecified atom stereocenters. The average Bonchev–Trinajstić information content (AvgIpc) is 2.92. The summed E-state index contributed by atoms with van der Waals surface area (Å²) in [7, 11) is -3.70. The van der Waals surface area contributed by atoms with Crippen LogP contribution in [0.5, 0.6) is 11.5 Å². The van der Waals surface area contributed by atoms with Crippen molar-refractivity contribution in [2.24, 2.45) is 5.14 Å². The van der Waals surface area contributed by atoms with Crippen LogP contribution in [0.1, 0.15) is 17.5 Å². The summed E-state index contributed by atoms with van der Waals surface area (Å²) in [6, 6.07) is 9.72. The smallest absolute Gasteiger partial charge is 0.244 e. The van der Waals surface area contributed by atoms with Gasteiger partial charge < -0.3 is 14.8 Å². The lowest BCUT2D eigenvalue weighted by Gasteiger charge is -2.10. The largest absolute Gasteiger partial charge is 0.489 e. The summed E-state index contributed by atoms with van der Waals surface area (Å²) >= 11 is 6.24. The summed E-state index contributed by atoms with van der Waals surface area (Å²) in [4.78, 5) is 12.1. The highest BCUT2D eigenvalue weighted by molar-refractivity contribution is 7.89. The second kappa shape index (κ2) is 9.30. The predicted octanol–water partition coefficient (Wildman–Crippen LogP) is 2.52. The summed E-state index contributed by atoms with van der Waals surface area (Å²) in [5.74, 6) is 0.839. The Labute approximate surface area is 174 Å².